The maximum Gasteiger partial charge on any atom is 0.259 e. The van der Waals surface area contributed by atoms with Crippen LogP contribution in [0.4, 0.5) is 0 Å². The molecule has 0 spiro atoms. The van der Waals surface area contributed by atoms with Gasteiger partial charge in [-0.25, -0.2) is 0 Å². The van der Waals surface area contributed by atoms with Crippen molar-refractivity contribution in [3.8, 4) is 0 Å². The van der Waals surface area contributed by atoms with E-state index in [0.717, 1.165) is 19.4 Å². The van der Waals surface area contributed by atoms with E-state index in [1.165, 1.54) is 0 Å². The van der Waals surface area contributed by atoms with Gasteiger partial charge in [-0.05, 0) is 26.7 Å². The van der Waals surface area contributed by atoms with Gasteiger partial charge in [0, 0.05) is 19.0 Å². The Morgan fingerprint density at radius 1 is 1.26 bits per heavy atom. The molecule has 2 aromatic rings. The summed E-state index contributed by atoms with van der Waals surface area (Å²) in [6, 6.07) is 0. The lowest BCUT2D eigenvalue weighted by molar-refractivity contribution is 0.0692. The van der Waals surface area contributed by atoms with Crippen molar-refractivity contribution in [1.29, 1.82) is 0 Å². The summed E-state index contributed by atoms with van der Waals surface area (Å²) in [5.74, 6) is 2.09. The summed E-state index contributed by atoms with van der Waals surface area (Å²) in [5.41, 5.74) is 1.25. The van der Waals surface area contributed by atoms with Crippen molar-refractivity contribution in [2.24, 2.45) is 0 Å². The number of amides is 1. The lowest BCUT2D eigenvalue weighted by atomic mass is 9.96. The first-order valence-corrected chi connectivity index (χ1v) is 8.03. The Hall–Kier alpha value is -2.18. The quantitative estimate of drug-likeness (QED) is 0.865. The van der Waals surface area contributed by atoms with Crippen LogP contribution in [0.3, 0.4) is 0 Å². The predicted molar refractivity (Wildman–Crippen MR) is 82.2 cm³/mol. The fourth-order valence-electron chi connectivity index (χ4n) is 3.04. The highest BCUT2D eigenvalue weighted by Gasteiger charge is 2.32. The topological polar surface area (TPSA) is 85.3 Å². The number of aromatic nitrogens is 3. The summed E-state index contributed by atoms with van der Waals surface area (Å²) >= 11 is 0. The molecule has 1 aliphatic heterocycles. The van der Waals surface area contributed by atoms with Crippen LogP contribution in [-0.2, 0) is 0 Å². The summed E-state index contributed by atoms with van der Waals surface area (Å²) in [6.07, 6.45) is 1.87. The van der Waals surface area contributed by atoms with E-state index < -0.39 is 0 Å². The largest absolute Gasteiger partial charge is 0.360 e. The maximum absolute atomic E-state index is 12.9. The minimum Gasteiger partial charge on any atom is -0.360 e. The van der Waals surface area contributed by atoms with Crippen LogP contribution >= 0.6 is 0 Å². The molecule has 1 saturated heterocycles. The Kier molecular flexibility index (Phi) is 4.19. The molecule has 7 nitrogen and oxygen atoms in total. The number of carbonyl (C=O) groups excluding carboxylic acids is 1. The summed E-state index contributed by atoms with van der Waals surface area (Å²) in [4.78, 5) is 19.1. The highest BCUT2D eigenvalue weighted by Crippen LogP contribution is 2.29. The van der Waals surface area contributed by atoms with E-state index in [9.17, 15) is 4.79 Å². The standard InChI is InChI=1S/C16H22N4O3/c1-9(2)14-13(10(3)18-22-14)16(21)20-7-5-6-12(8-20)15-17-11(4)19-23-15/h9,12H,5-8H2,1-4H3/t12-/m1/s1. The van der Waals surface area contributed by atoms with E-state index in [4.69, 9.17) is 9.05 Å². The molecule has 124 valence electrons. The molecule has 0 N–H and O–H groups in total. The van der Waals surface area contributed by atoms with Crippen LogP contribution in [0.5, 0.6) is 0 Å². The molecule has 1 aliphatic rings. The summed E-state index contributed by atoms with van der Waals surface area (Å²) in [6.45, 7) is 8.92. The van der Waals surface area contributed by atoms with Crippen molar-refractivity contribution in [3.63, 3.8) is 0 Å². The Labute approximate surface area is 135 Å². The second-order valence-electron chi connectivity index (χ2n) is 6.43. The molecule has 7 heteroatoms. The molecule has 1 fully saturated rings. The first-order valence-electron chi connectivity index (χ1n) is 8.03. The molecule has 0 bridgehead atoms. The zero-order valence-electron chi connectivity index (χ0n) is 14.0. The highest BCUT2D eigenvalue weighted by atomic mass is 16.5. The molecular formula is C16H22N4O3. The number of rotatable bonds is 3. The number of hydrogen-bond donors (Lipinski definition) is 0. The average Bonchev–Trinajstić information content (AvgIpc) is 3.13. The molecule has 2 aromatic heterocycles. The van der Waals surface area contributed by atoms with Crippen molar-refractivity contribution in [3.05, 3.63) is 28.7 Å². The monoisotopic (exact) mass is 318 g/mol. The van der Waals surface area contributed by atoms with Crippen LogP contribution in [0.2, 0.25) is 0 Å². The van der Waals surface area contributed by atoms with Gasteiger partial charge in [-0.2, -0.15) is 4.98 Å². The highest BCUT2D eigenvalue weighted by molar-refractivity contribution is 5.96. The molecule has 3 rings (SSSR count). The Morgan fingerprint density at radius 3 is 2.70 bits per heavy atom. The second kappa shape index (κ2) is 6.14. The van der Waals surface area contributed by atoms with Gasteiger partial charge in [-0.1, -0.05) is 24.2 Å². The number of nitrogens with zero attached hydrogens (tertiary/aromatic N) is 4. The number of likely N-dealkylation sites (tertiary alicyclic amines) is 1. The molecule has 0 radical (unpaired) electrons. The van der Waals surface area contributed by atoms with E-state index in [0.29, 0.717) is 35.3 Å². The molecule has 23 heavy (non-hydrogen) atoms. The number of aryl methyl sites for hydroxylation is 2. The van der Waals surface area contributed by atoms with E-state index in [-0.39, 0.29) is 17.7 Å². The van der Waals surface area contributed by atoms with E-state index in [1.807, 2.05) is 25.7 Å². The maximum atomic E-state index is 12.9. The summed E-state index contributed by atoms with van der Waals surface area (Å²) in [7, 11) is 0. The first-order chi connectivity index (χ1) is 11.0. The van der Waals surface area contributed by atoms with Crippen molar-refractivity contribution in [1.82, 2.24) is 20.2 Å². The van der Waals surface area contributed by atoms with Crippen LogP contribution in [0.15, 0.2) is 9.05 Å². The molecular weight excluding hydrogens is 296 g/mol. The zero-order valence-corrected chi connectivity index (χ0v) is 14.0. The van der Waals surface area contributed by atoms with Crippen LogP contribution in [0.25, 0.3) is 0 Å². The minimum absolute atomic E-state index is 0.0200. The lowest BCUT2D eigenvalue weighted by Crippen LogP contribution is -2.39. The normalized spacial score (nSPS) is 18.7. The van der Waals surface area contributed by atoms with Crippen molar-refractivity contribution >= 4 is 5.91 Å². The third kappa shape index (κ3) is 3.00. The van der Waals surface area contributed by atoms with Gasteiger partial charge in [-0.3, -0.25) is 4.79 Å². The molecule has 0 saturated carbocycles. The third-order valence-corrected chi connectivity index (χ3v) is 4.23. The fraction of sp³-hybridized carbons (Fsp3) is 0.625. The van der Waals surface area contributed by atoms with E-state index in [1.54, 1.807) is 6.92 Å². The van der Waals surface area contributed by atoms with Gasteiger partial charge in [0.05, 0.1) is 11.6 Å². The van der Waals surface area contributed by atoms with Gasteiger partial charge >= 0.3 is 0 Å². The molecule has 1 atom stereocenters. The van der Waals surface area contributed by atoms with Gasteiger partial charge < -0.3 is 13.9 Å². The lowest BCUT2D eigenvalue weighted by Gasteiger charge is -2.31. The predicted octanol–water partition coefficient (Wildman–Crippen LogP) is 2.82. The summed E-state index contributed by atoms with van der Waals surface area (Å²) in [5, 5.41) is 7.82. The van der Waals surface area contributed by atoms with Gasteiger partial charge in [0.2, 0.25) is 5.89 Å². The first kappa shape index (κ1) is 15.7. The van der Waals surface area contributed by atoms with Crippen LogP contribution in [0, 0.1) is 13.8 Å². The van der Waals surface area contributed by atoms with Crippen molar-refractivity contribution in [2.75, 3.05) is 13.1 Å². The van der Waals surface area contributed by atoms with Crippen LogP contribution < -0.4 is 0 Å². The fourth-order valence-corrected chi connectivity index (χ4v) is 3.04. The van der Waals surface area contributed by atoms with Gasteiger partial charge in [-0.15, -0.1) is 0 Å². The molecule has 3 heterocycles. The van der Waals surface area contributed by atoms with E-state index >= 15 is 0 Å². The molecule has 0 aliphatic carbocycles. The SMILES string of the molecule is Cc1noc([C@@H]2CCCN(C(=O)c3c(C)noc3C(C)C)C2)n1. The van der Waals surface area contributed by atoms with Crippen molar-refractivity contribution < 1.29 is 13.8 Å². The Morgan fingerprint density at radius 2 is 2.04 bits per heavy atom. The third-order valence-electron chi connectivity index (χ3n) is 4.23. The van der Waals surface area contributed by atoms with Crippen molar-refractivity contribution in [2.45, 2.75) is 52.4 Å². The zero-order chi connectivity index (χ0) is 16.6. The van der Waals surface area contributed by atoms with Crippen LogP contribution in [0.1, 0.15) is 72.1 Å². The van der Waals surface area contributed by atoms with Gasteiger partial charge in [0.15, 0.2) is 11.6 Å². The molecule has 0 unspecified atom stereocenters. The summed E-state index contributed by atoms with van der Waals surface area (Å²) < 4.78 is 10.6. The minimum atomic E-state index is -0.0200. The van der Waals surface area contributed by atoms with E-state index in [2.05, 4.69) is 15.3 Å². The van der Waals surface area contributed by atoms with Gasteiger partial charge in [0.25, 0.3) is 5.91 Å². The Balaban J connectivity index is 1.81. The average molecular weight is 318 g/mol. The molecule has 1 amide bonds. The Bertz CT molecular complexity index is 704. The van der Waals surface area contributed by atoms with Gasteiger partial charge in [0.1, 0.15) is 5.56 Å². The van der Waals surface area contributed by atoms with Crippen LogP contribution in [-0.4, -0.2) is 39.2 Å². The number of piperidine rings is 1. The smallest absolute Gasteiger partial charge is 0.259 e. The molecule has 0 aromatic carbocycles. The second-order valence-corrected chi connectivity index (χ2v) is 6.43. The number of carbonyl (C=O) groups is 1. The number of hydrogen-bond acceptors (Lipinski definition) is 6.